The van der Waals surface area contributed by atoms with Crippen molar-refractivity contribution < 1.29 is 31.5 Å². The summed E-state index contributed by atoms with van der Waals surface area (Å²) in [5.74, 6) is -3.56. The highest BCUT2D eigenvalue weighted by Crippen LogP contribution is 2.33. The van der Waals surface area contributed by atoms with Crippen LogP contribution in [-0.4, -0.2) is 22.7 Å². The Morgan fingerprint density at radius 1 is 0.893 bits per heavy atom. The molecule has 3 nitrogen and oxygen atoms in total. The number of allylic oxidation sites excluding steroid dienone is 2. The molecule has 1 aliphatic rings. The zero-order valence-corrected chi connectivity index (χ0v) is 14.7. The maximum absolute atomic E-state index is 14.1. The van der Waals surface area contributed by atoms with Crippen molar-refractivity contribution in [3.63, 3.8) is 0 Å². The lowest BCUT2D eigenvalue weighted by Crippen LogP contribution is -2.26. The molecule has 8 heteroatoms. The molecule has 0 N–H and O–H groups in total. The third-order valence-electron chi connectivity index (χ3n) is 4.47. The first kappa shape index (κ1) is 19.9. The fourth-order valence-corrected chi connectivity index (χ4v) is 3.21. The minimum atomic E-state index is -4.38. The molecule has 1 aromatic heterocycles. The largest absolute Gasteiger partial charge is 0.393 e. The van der Waals surface area contributed by atoms with Gasteiger partial charge in [0.05, 0.1) is 17.5 Å². The molecule has 0 unspecified atom stereocenters. The summed E-state index contributed by atoms with van der Waals surface area (Å²) in [5.41, 5.74) is -0.993. The lowest BCUT2D eigenvalue weighted by molar-refractivity contribution is -0.127. The van der Waals surface area contributed by atoms with Crippen LogP contribution < -0.4 is 0 Å². The molecule has 0 saturated heterocycles. The van der Waals surface area contributed by atoms with Gasteiger partial charge in [0, 0.05) is 29.5 Å². The second-order valence-electron chi connectivity index (χ2n) is 6.37. The van der Waals surface area contributed by atoms with Crippen LogP contribution in [0.25, 0.3) is 0 Å². The summed E-state index contributed by atoms with van der Waals surface area (Å²) in [7, 11) is 0. The van der Waals surface area contributed by atoms with Gasteiger partial charge in [-0.1, -0.05) is 13.0 Å². The van der Waals surface area contributed by atoms with Crippen molar-refractivity contribution in [2.45, 2.75) is 32.4 Å². The van der Waals surface area contributed by atoms with Crippen LogP contribution in [0.15, 0.2) is 41.6 Å². The van der Waals surface area contributed by atoms with E-state index >= 15 is 0 Å². The van der Waals surface area contributed by atoms with Gasteiger partial charge in [-0.15, -0.1) is 0 Å². The predicted molar refractivity (Wildman–Crippen MR) is 90.0 cm³/mol. The van der Waals surface area contributed by atoms with Gasteiger partial charge in [-0.05, 0) is 30.2 Å². The number of halogens is 5. The predicted octanol–water partition coefficient (Wildman–Crippen LogP) is 4.79. The minimum absolute atomic E-state index is 0.0272. The third kappa shape index (κ3) is 3.72. The summed E-state index contributed by atoms with van der Waals surface area (Å²) in [6.45, 7) is 1.60. The first-order chi connectivity index (χ1) is 13.1. The first-order valence-electron chi connectivity index (χ1n) is 8.42. The number of alkyl halides is 3. The van der Waals surface area contributed by atoms with E-state index in [2.05, 4.69) is 4.98 Å². The van der Waals surface area contributed by atoms with Crippen LogP contribution in [0.2, 0.25) is 0 Å². The Morgan fingerprint density at radius 3 is 1.93 bits per heavy atom. The van der Waals surface area contributed by atoms with Crippen LogP contribution in [0, 0.1) is 11.6 Å². The zero-order chi connectivity index (χ0) is 20.6. The Labute approximate surface area is 156 Å². The molecule has 0 radical (unpaired) electrons. The average molecular weight is 395 g/mol. The van der Waals surface area contributed by atoms with E-state index in [1.807, 2.05) is 0 Å². The number of hydrogen-bond acceptors (Lipinski definition) is 3. The number of fused-ring (bicyclic) bond motifs is 1. The number of Topliss-reactive ketones (excluding diaryl/α,β-unsaturated/α-hetero) is 2. The zero-order valence-electron chi connectivity index (χ0n) is 14.7. The summed E-state index contributed by atoms with van der Waals surface area (Å²) in [5, 5.41) is 0. The number of pyridine rings is 1. The van der Waals surface area contributed by atoms with E-state index in [1.54, 1.807) is 6.92 Å². The van der Waals surface area contributed by atoms with Crippen LogP contribution >= 0.6 is 0 Å². The molecule has 0 atom stereocenters. The van der Waals surface area contributed by atoms with Gasteiger partial charge in [0.15, 0.2) is 11.6 Å². The van der Waals surface area contributed by atoms with Crippen molar-refractivity contribution in [2.24, 2.45) is 0 Å². The summed E-state index contributed by atoms with van der Waals surface area (Å²) in [6, 6.07) is 4.11. The Bertz CT molecular complexity index is 991. The summed E-state index contributed by atoms with van der Waals surface area (Å²) >= 11 is 0. The second kappa shape index (κ2) is 7.26. The molecule has 1 aromatic carbocycles. The highest BCUT2D eigenvalue weighted by molar-refractivity contribution is 6.27. The molecular formula is C20H14F5NO2. The lowest BCUT2D eigenvalue weighted by atomic mass is 9.80. The monoisotopic (exact) mass is 395 g/mol. The Hall–Kier alpha value is -2.90. The molecule has 0 aliphatic heterocycles. The molecule has 3 rings (SSSR count). The quantitative estimate of drug-likeness (QED) is 0.700. The highest BCUT2D eigenvalue weighted by atomic mass is 19.4. The number of nitrogens with zero attached hydrogens (tertiary/aromatic N) is 1. The summed E-state index contributed by atoms with van der Waals surface area (Å²) in [6.07, 6.45) is -4.54. The lowest BCUT2D eigenvalue weighted by Gasteiger charge is -2.21. The second-order valence-corrected chi connectivity index (χ2v) is 6.37. The topological polar surface area (TPSA) is 47.0 Å². The van der Waals surface area contributed by atoms with E-state index in [4.69, 9.17) is 0 Å². The molecule has 146 valence electrons. The number of ketones is 2. The Morgan fingerprint density at radius 2 is 1.46 bits per heavy atom. The van der Waals surface area contributed by atoms with Crippen molar-refractivity contribution >= 4 is 11.6 Å². The summed E-state index contributed by atoms with van der Waals surface area (Å²) in [4.78, 5) is 29.3. The molecule has 0 amide bonds. The van der Waals surface area contributed by atoms with E-state index in [0.29, 0.717) is 0 Å². The van der Waals surface area contributed by atoms with E-state index in [9.17, 15) is 31.5 Å². The number of benzene rings is 1. The molecule has 0 saturated carbocycles. The van der Waals surface area contributed by atoms with Gasteiger partial charge < -0.3 is 0 Å². The van der Waals surface area contributed by atoms with Crippen LogP contribution in [0.3, 0.4) is 0 Å². The molecule has 28 heavy (non-hydrogen) atoms. The maximum atomic E-state index is 14.1. The van der Waals surface area contributed by atoms with Gasteiger partial charge in [0.25, 0.3) is 0 Å². The molecule has 2 aromatic rings. The van der Waals surface area contributed by atoms with E-state index in [-0.39, 0.29) is 35.2 Å². The molecular weight excluding hydrogens is 381 g/mol. The van der Waals surface area contributed by atoms with Gasteiger partial charge in [-0.3, -0.25) is 14.6 Å². The van der Waals surface area contributed by atoms with Gasteiger partial charge in [-0.25, -0.2) is 8.78 Å². The van der Waals surface area contributed by atoms with E-state index < -0.39 is 46.9 Å². The number of rotatable bonds is 4. The van der Waals surface area contributed by atoms with E-state index in [0.717, 1.165) is 18.3 Å². The number of hydrogen-bond donors (Lipinski definition) is 0. The van der Waals surface area contributed by atoms with E-state index in [1.165, 1.54) is 12.1 Å². The SMILES string of the molecule is CCC1=C(Cc2ccc(CC(F)(F)F)cn2)C(=O)c2c(F)ccc(F)c2C1=O. The van der Waals surface area contributed by atoms with Crippen molar-refractivity contribution in [2.75, 3.05) is 0 Å². The van der Waals surface area contributed by atoms with Crippen LogP contribution in [-0.2, 0) is 12.8 Å². The fourth-order valence-electron chi connectivity index (χ4n) is 3.21. The van der Waals surface area contributed by atoms with Crippen molar-refractivity contribution in [3.05, 3.63) is 75.6 Å². The number of aromatic nitrogens is 1. The Balaban J connectivity index is 1.98. The molecule has 1 aliphatic carbocycles. The molecule has 0 fully saturated rings. The average Bonchev–Trinajstić information content (AvgIpc) is 2.62. The molecule has 0 spiro atoms. The number of carbonyl (C=O) groups excluding carboxylic acids is 2. The minimum Gasteiger partial charge on any atom is -0.289 e. The third-order valence-corrected chi connectivity index (χ3v) is 4.47. The smallest absolute Gasteiger partial charge is 0.289 e. The van der Waals surface area contributed by atoms with Crippen LogP contribution in [0.1, 0.15) is 45.3 Å². The van der Waals surface area contributed by atoms with Crippen LogP contribution in [0.5, 0.6) is 0 Å². The normalized spacial score (nSPS) is 14.5. The number of carbonyl (C=O) groups is 2. The Kier molecular flexibility index (Phi) is 5.14. The van der Waals surface area contributed by atoms with Gasteiger partial charge >= 0.3 is 6.18 Å². The van der Waals surface area contributed by atoms with Crippen LogP contribution in [0.4, 0.5) is 22.0 Å². The standard InChI is InChI=1S/C20H14F5NO2/c1-2-12-13(7-11-4-3-10(9-26-11)8-20(23,24)25)19(28)17-15(22)6-5-14(21)16(17)18(12)27/h3-6,9H,2,7-8H2,1H3. The summed E-state index contributed by atoms with van der Waals surface area (Å²) < 4.78 is 65.5. The van der Waals surface area contributed by atoms with Gasteiger partial charge in [0.2, 0.25) is 0 Å². The fraction of sp³-hybridized carbons (Fsp3) is 0.250. The first-order valence-corrected chi connectivity index (χ1v) is 8.42. The maximum Gasteiger partial charge on any atom is 0.393 e. The highest BCUT2D eigenvalue weighted by Gasteiger charge is 2.36. The van der Waals surface area contributed by atoms with Gasteiger partial charge in [0.1, 0.15) is 11.6 Å². The van der Waals surface area contributed by atoms with Crippen molar-refractivity contribution in [3.8, 4) is 0 Å². The molecule has 1 heterocycles. The van der Waals surface area contributed by atoms with Crippen molar-refractivity contribution in [1.29, 1.82) is 0 Å². The molecule has 0 bridgehead atoms. The van der Waals surface area contributed by atoms with Gasteiger partial charge in [-0.2, -0.15) is 13.2 Å². The van der Waals surface area contributed by atoms with Crippen molar-refractivity contribution in [1.82, 2.24) is 4.98 Å².